The molecule has 1 aromatic rings. The Hall–Kier alpha value is -0.490. The van der Waals surface area contributed by atoms with Crippen LogP contribution >= 0.6 is 23.2 Å². The van der Waals surface area contributed by atoms with E-state index in [2.05, 4.69) is 4.72 Å². The molecule has 0 heterocycles. The topological polar surface area (TPSA) is 72.2 Å². The number of nitrogens with one attached hydrogen (secondary N) is 1. The van der Waals surface area contributed by atoms with E-state index in [9.17, 15) is 8.42 Å². The van der Waals surface area contributed by atoms with E-state index in [1.807, 2.05) is 0 Å². The van der Waals surface area contributed by atoms with Gasteiger partial charge in [0.15, 0.2) is 0 Å². The highest BCUT2D eigenvalue weighted by atomic mass is 35.5. The van der Waals surface area contributed by atoms with Crippen molar-refractivity contribution in [3.63, 3.8) is 0 Å². The van der Waals surface area contributed by atoms with Crippen LogP contribution in [0.3, 0.4) is 0 Å². The molecule has 1 rings (SSSR count). The van der Waals surface area contributed by atoms with E-state index in [0.29, 0.717) is 15.7 Å². The zero-order valence-electron chi connectivity index (χ0n) is 8.57. The van der Waals surface area contributed by atoms with Crippen LogP contribution in [0.2, 0.25) is 10.0 Å². The van der Waals surface area contributed by atoms with Gasteiger partial charge in [-0.15, -0.1) is 0 Å². The zero-order chi connectivity index (χ0) is 12.3. The van der Waals surface area contributed by atoms with Crippen molar-refractivity contribution in [2.24, 2.45) is 5.73 Å². The molecule has 0 amide bonds. The Bertz CT molecular complexity index is 476. The summed E-state index contributed by atoms with van der Waals surface area (Å²) in [7, 11) is -3.47. The van der Waals surface area contributed by atoms with Crippen LogP contribution in [0.5, 0.6) is 0 Å². The molecule has 7 heteroatoms. The normalized spacial score (nSPS) is 13.5. The van der Waals surface area contributed by atoms with Gasteiger partial charge in [-0.25, -0.2) is 8.42 Å². The Morgan fingerprint density at radius 3 is 2.50 bits per heavy atom. The Morgan fingerprint density at radius 1 is 1.38 bits per heavy atom. The third kappa shape index (κ3) is 3.25. The van der Waals surface area contributed by atoms with Crippen molar-refractivity contribution >= 4 is 38.9 Å². The van der Waals surface area contributed by atoms with Gasteiger partial charge in [0.05, 0.1) is 21.0 Å². The maximum Gasteiger partial charge on any atom is 0.236 e. The van der Waals surface area contributed by atoms with Gasteiger partial charge < -0.3 is 5.73 Å². The van der Waals surface area contributed by atoms with Crippen LogP contribution in [-0.4, -0.2) is 20.2 Å². The third-order valence-electron chi connectivity index (χ3n) is 2.04. The van der Waals surface area contributed by atoms with Crippen LogP contribution in [0.4, 0.5) is 5.69 Å². The van der Waals surface area contributed by atoms with Gasteiger partial charge in [-0.2, -0.15) is 0 Å². The highest BCUT2D eigenvalue weighted by Crippen LogP contribution is 2.25. The number of hydrogen-bond acceptors (Lipinski definition) is 3. The molecule has 1 atom stereocenters. The van der Waals surface area contributed by atoms with Gasteiger partial charge in [-0.3, -0.25) is 4.72 Å². The van der Waals surface area contributed by atoms with Crippen molar-refractivity contribution in [2.45, 2.75) is 12.2 Å². The highest BCUT2D eigenvalue weighted by molar-refractivity contribution is 7.93. The molecule has 1 unspecified atom stereocenters. The van der Waals surface area contributed by atoms with Crippen LogP contribution in [0.1, 0.15) is 6.92 Å². The monoisotopic (exact) mass is 282 g/mol. The quantitative estimate of drug-likeness (QED) is 0.888. The predicted molar refractivity (Wildman–Crippen MR) is 67.5 cm³/mol. The van der Waals surface area contributed by atoms with E-state index in [4.69, 9.17) is 28.9 Å². The molecule has 4 nitrogen and oxygen atoms in total. The number of rotatable bonds is 4. The lowest BCUT2D eigenvalue weighted by molar-refractivity contribution is 0.589. The second kappa shape index (κ2) is 5.23. The van der Waals surface area contributed by atoms with Crippen molar-refractivity contribution in [1.82, 2.24) is 0 Å². The summed E-state index contributed by atoms with van der Waals surface area (Å²) < 4.78 is 25.7. The average Bonchev–Trinajstić information content (AvgIpc) is 2.22. The molecule has 0 fully saturated rings. The van der Waals surface area contributed by atoms with Crippen LogP contribution in [-0.2, 0) is 10.0 Å². The number of nitrogens with two attached hydrogens (primary N) is 1. The summed E-state index contributed by atoms with van der Waals surface area (Å²) in [4.78, 5) is 0. The van der Waals surface area contributed by atoms with Gasteiger partial charge in [0.25, 0.3) is 0 Å². The fraction of sp³-hybridized carbons (Fsp3) is 0.333. The molecule has 0 bridgehead atoms. The fourth-order valence-electron chi connectivity index (χ4n) is 0.951. The minimum Gasteiger partial charge on any atom is -0.329 e. The maximum absolute atomic E-state index is 11.7. The lowest BCUT2D eigenvalue weighted by Gasteiger charge is -2.13. The van der Waals surface area contributed by atoms with Crippen molar-refractivity contribution in [2.75, 3.05) is 11.3 Å². The molecule has 0 aromatic heterocycles. The standard InChI is InChI=1S/C9H12Cl2N2O2S/c1-6(5-12)16(14,15)13-7-2-3-8(10)9(11)4-7/h2-4,6,13H,5,12H2,1H3. The molecule has 0 spiro atoms. The highest BCUT2D eigenvalue weighted by Gasteiger charge is 2.19. The van der Waals surface area contributed by atoms with Gasteiger partial charge in [0.1, 0.15) is 0 Å². The van der Waals surface area contributed by atoms with Crippen LogP contribution in [0, 0.1) is 0 Å². The Balaban J connectivity index is 2.93. The summed E-state index contributed by atoms with van der Waals surface area (Å²) >= 11 is 11.5. The molecule has 16 heavy (non-hydrogen) atoms. The van der Waals surface area contributed by atoms with Gasteiger partial charge in [0.2, 0.25) is 10.0 Å². The first kappa shape index (κ1) is 13.6. The average molecular weight is 283 g/mol. The van der Waals surface area contributed by atoms with E-state index < -0.39 is 15.3 Å². The summed E-state index contributed by atoms with van der Waals surface area (Å²) in [5.41, 5.74) is 5.67. The molecule has 0 aliphatic rings. The SMILES string of the molecule is CC(CN)S(=O)(=O)Nc1ccc(Cl)c(Cl)c1. The first-order valence-corrected chi connectivity index (χ1v) is 6.84. The minimum absolute atomic E-state index is 0.0522. The molecule has 1 aromatic carbocycles. The summed E-state index contributed by atoms with van der Waals surface area (Å²) in [6, 6.07) is 4.51. The Labute approximate surface area is 105 Å². The van der Waals surface area contributed by atoms with Crippen LogP contribution in [0.15, 0.2) is 18.2 Å². The molecular weight excluding hydrogens is 271 g/mol. The Morgan fingerprint density at radius 2 is 2.00 bits per heavy atom. The maximum atomic E-state index is 11.7. The molecule has 90 valence electrons. The number of hydrogen-bond donors (Lipinski definition) is 2. The second-order valence-corrected chi connectivity index (χ2v) is 6.24. The van der Waals surface area contributed by atoms with Crippen molar-refractivity contribution < 1.29 is 8.42 Å². The summed E-state index contributed by atoms with van der Waals surface area (Å²) in [6.45, 7) is 1.58. The number of benzene rings is 1. The van der Waals surface area contributed by atoms with Crippen LogP contribution in [0.25, 0.3) is 0 Å². The summed E-state index contributed by atoms with van der Waals surface area (Å²) in [6.07, 6.45) is 0. The Kier molecular flexibility index (Phi) is 4.43. The van der Waals surface area contributed by atoms with E-state index in [1.54, 1.807) is 0 Å². The third-order valence-corrected chi connectivity index (χ3v) is 4.55. The second-order valence-electron chi connectivity index (χ2n) is 3.32. The fourth-order valence-corrected chi connectivity index (χ4v) is 2.16. The van der Waals surface area contributed by atoms with Gasteiger partial charge in [-0.1, -0.05) is 23.2 Å². The minimum atomic E-state index is -3.47. The predicted octanol–water partition coefficient (Wildman–Crippen LogP) is 2.08. The van der Waals surface area contributed by atoms with E-state index in [0.717, 1.165) is 0 Å². The number of sulfonamides is 1. The molecule has 0 saturated heterocycles. The van der Waals surface area contributed by atoms with E-state index >= 15 is 0 Å². The zero-order valence-corrected chi connectivity index (χ0v) is 10.9. The number of halogens is 2. The molecule has 3 N–H and O–H groups in total. The van der Waals surface area contributed by atoms with Gasteiger partial charge >= 0.3 is 0 Å². The summed E-state index contributed by atoms with van der Waals surface area (Å²) in [5, 5.41) is 0.000657. The lowest BCUT2D eigenvalue weighted by atomic mass is 10.3. The molecule has 0 aliphatic heterocycles. The molecule has 0 saturated carbocycles. The number of anilines is 1. The molecular formula is C9H12Cl2N2O2S. The first-order valence-electron chi connectivity index (χ1n) is 4.53. The molecule has 0 radical (unpaired) electrons. The van der Waals surface area contributed by atoms with Gasteiger partial charge in [0, 0.05) is 6.54 Å². The van der Waals surface area contributed by atoms with Crippen molar-refractivity contribution in [1.29, 1.82) is 0 Å². The van der Waals surface area contributed by atoms with Crippen molar-refractivity contribution in [3.05, 3.63) is 28.2 Å². The summed E-state index contributed by atoms with van der Waals surface area (Å²) in [5.74, 6) is 0. The van der Waals surface area contributed by atoms with Crippen LogP contribution < -0.4 is 10.5 Å². The van der Waals surface area contributed by atoms with E-state index in [-0.39, 0.29) is 6.54 Å². The molecule has 0 aliphatic carbocycles. The van der Waals surface area contributed by atoms with E-state index in [1.165, 1.54) is 25.1 Å². The van der Waals surface area contributed by atoms with Gasteiger partial charge in [-0.05, 0) is 25.1 Å². The van der Waals surface area contributed by atoms with Crippen molar-refractivity contribution in [3.8, 4) is 0 Å². The smallest absolute Gasteiger partial charge is 0.236 e. The lowest BCUT2D eigenvalue weighted by Crippen LogP contribution is -2.31. The largest absolute Gasteiger partial charge is 0.329 e. The first-order chi connectivity index (χ1) is 7.36.